The van der Waals surface area contributed by atoms with Gasteiger partial charge in [0.25, 0.3) is 10.0 Å². The molecule has 1 aromatic heterocycles. The molecule has 2 rings (SSSR count). The number of thioether (sulfide) groups is 1. The molecule has 0 amide bonds. The minimum Gasteiger partial charge on any atom is -0.447 e. The van der Waals surface area contributed by atoms with Crippen LogP contribution in [0.3, 0.4) is 0 Å². The molecule has 7 heteroatoms. The summed E-state index contributed by atoms with van der Waals surface area (Å²) in [5.41, 5.74) is 0. The van der Waals surface area contributed by atoms with E-state index >= 15 is 0 Å². The van der Waals surface area contributed by atoms with Crippen LogP contribution in [0.2, 0.25) is 0 Å². The first-order valence-corrected chi connectivity index (χ1v) is 9.45. The average molecular weight is 318 g/mol. The largest absolute Gasteiger partial charge is 0.447 e. The molecule has 1 saturated carbocycles. The van der Waals surface area contributed by atoms with Gasteiger partial charge in [0.05, 0.1) is 6.54 Å². The van der Waals surface area contributed by atoms with Crippen LogP contribution in [0.4, 0.5) is 0 Å². The molecule has 1 fully saturated rings. The highest BCUT2D eigenvalue weighted by molar-refractivity contribution is 7.99. The highest BCUT2D eigenvalue weighted by Gasteiger charge is 2.26. The van der Waals surface area contributed by atoms with Gasteiger partial charge in [-0.3, -0.25) is 0 Å². The molecule has 0 saturated heterocycles. The van der Waals surface area contributed by atoms with Gasteiger partial charge in [0.1, 0.15) is 5.76 Å². The maximum absolute atomic E-state index is 11.9. The number of sulfonamides is 1. The van der Waals surface area contributed by atoms with Crippen molar-refractivity contribution in [3.05, 3.63) is 17.9 Å². The Bertz CT molecular complexity index is 540. The zero-order valence-corrected chi connectivity index (χ0v) is 13.8. The Morgan fingerprint density at radius 3 is 2.80 bits per heavy atom. The first-order chi connectivity index (χ1) is 9.45. The maximum atomic E-state index is 11.9. The van der Waals surface area contributed by atoms with Crippen molar-refractivity contribution in [2.24, 2.45) is 0 Å². The van der Waals surface area contributed by atoms with E-state index in [1.807, 2.05) is 11.8 Å². The monoisotopic (exact) mass is 318 g/mol. The number of nitrogens with one attached hydrogen (secondary N) is 1. The van der Waals surface area contributed by atoms with Crippen molar-refractivity contribution in [3.63, 3.8) is 0 Å². The second-order valence-electron chi connectivity index (χ2n) is 5.20. The predicted octanol–water partition coefficient (Wildman–Crippen LogP) is 1.90. The number of nitrogens with zero attached hydrogens (tertiary/aromatic N) is 1. The summed E-state index contributed by atoms with van der Waals surface area (Å²) in [6, 6.07) is 3.74. The van der Waals surface area contributed by atoms with E-state index in [9.17, 15) is 8.42 Å². The molecule has 0 bridgehead atoms. The van der Waals surface area contributed by atoms with Gasteiger partial charge in [-0.15, -0.1) is 0 Å². The molecule has 114 valence electrons. The summed E-state index contributed by atoms with van der Waals surface area (Å²) in [6.45, 7) is 0.574. The molecule has 1 heterocycles. The van der Waals surface area contributed by atoms with Gasteiger partial charge in [-0.1, -0.05) is 6.42 Å². The van der Waals surface area contributed by atoms with Gasteiger partial charge >= 0.3 is 0 Å². The number of hydrogen-bond donors (Lipinski definition) is 1. The third-order valence-corrected chi connectivity index (χ3v) is 6.52. The molecular formula is C13H22N2O3S2. The molecule has 0 radical (unpaired) electrons. The van der Waals surface area contributed by atoms with Gasteiger partial charge in [-0.05, 0) is 31.2 Å². The third kappa shape index (κ3) is 3.39. The van der Waals surface area contributed by atoms with E-state index in [1.54, 1.807) is 6.07 Å². The lowest BCUT2D eigenvalue weighted by Gasteiger charge is -2.18. The van der Waals surface area contributed by atoms with Crippen molar-refractivity contribution >= 4 is 21.8 Å². The highest BCUT2D eigenvalue weighted by Crippen LogP contribution is 2.28. The van der Waals surface area contributed by atoms with E-state index in [-0.39, 0.29) is 5.09 Å². The third-order valence-electron chi connectivity index (χ3n) is 3.67. The average Bonchev–Trinajstić information content (AvgIpc) is 3.05. The van der Waals surface area contributed by atoms with Crippen molar-refractivity contribution in [1.82, 2.24) is 9.62 Å². The fourth-order valence-electron chi connectivity index (χ4n) is 2.45. The summed E-state index contributed by atoms with van der Waals surface area (Å²) in [4.78, 5) is 0. The standard InChI is InChI=1S/C13H22N2O3S2/c1-15(2)20(16,17)13-8-7-10(18-13)9-14-11-5-4-6-12(11)19-3/h7-8,11-12,14H,4-6,9H2,1-3H3. The summed E-state index contributed by atoms with van der Waals surface area (Å²) in [7, 11) is -0.479. The molecular weight excluding hydrogens is 296 g/mol. The van der Waals surface area contributed by atoms with Gasteiger partial charge in [0.2, 0.25) is 5.09 Å². The number of furan rings is 1. The normalized spacial score (nSPS) is 23.6. The summed E-state index contributed by atoms with van der Waals surface area (Å²) >= 11 is 1.89. The zero-order valence-electron chi connectivity index (χ0n) is 12.1. The van der Waals surface area contributed by atoms with Crippen LogP contribution in [-0.4, -0.2) is 44.4 Å². The zero-order chi connectivity index (χ0) is 14.8. The molecule has 20 heavy (non-hydrogen) atoms. The smallest absolute Gasteiger partial charge is 0.275 e. The molecule has 1 aliphatic carbocycles. The van der Waals surface area contributed by atoms with Crippen molar-refractivity contribution < 1.29 is 12.8 Å². The Hall–Kier alpha value is -0.500. The molecule has 0 aromatic carbocycles. The van der Waals surface area contributed by atoms with E-state index in [0.717, 1.165) is 4.31 Å². The van der Waals surface area contributed by atoms with Crippen LogP contribution >= 0.6 is 11.8 Å². The lowest BCUT2D eigenvalue weighted by Crippen LogP contribution is -2.33. The van der Waals surface area contributed by atoms with Gasteiger partial charge in [0, 0.05) is 25.4 Å². The summed E-state index contributed by atoms with van der Waals surface area (Å²) in [6.07, 6.45) is 5.81. The molecule has 1 N–H and O–H groups in total. The molecule has 1 aromatic rings. The minimum atomic E-state index is -3.47. The Labute approximate surface area is 125 Å². The second-order valence-corrected chi connectivity index (χ2v) is 8.36. The topological polar surface area (TPSA) is 62.6 Å². The molecule has 0 spiro atoms. The van der Waals surface area contributed by atoms with Crippen LogP contribution in [0, 0.1) is 0 Å². The number of rotatable bonds is 6. The van der Waals surface area contributed by atoms with Crippen molar-refractivity contribution in [1.29, 1.82) is 0 Å². The van der Waals surface area contributed by atoms with E-state index in [4.69, 9.17) is 4.42 Å². The highest BCUT2D eigenvalue weighted by atomic mass is 32.2. The van der Waals surface area contributed by atoms with Crippen molar-refractivity contribution in [3.8, 4) is 0 Å². The van der Waals surface area contributed by atoms with Gasteiger partial charge in [-0.2, -0.15) is 11.8 Å². The molecule has 5 nitrogen and oxygen atoms in total. The number of hydrogen-bond acceptors (Lipinski definition) is 5. The molecule has 1 aliphatic rings. The summed E-state index contributed by atoms with van der Waals surface area (Å²) in [5, 5.41) is 4.12. The fourth-order valence-corrected chi connectivity index (χ4v) is 4.22. The molecule has 2 unspecified atom stereocenters. The fraction of sp³-hybridized carbons (Fsp3) is 0.692. The van der Waals surface area contributed by atoms with Crippen LogP contribution in [0.15, 0.2) is 21.6 Å². The van der Waals surface area contributed by atoms with E-state index in [1.165, 1.54) is 39.4 Å². The van der Waals surface area contributed by atoms with E-state index < -0.39 is 10.0 Å². The van der Waals surface area contributed by atoms with Crippen LogP contribution in [0.1, 0.15) is 25.0 Å². The Kier molecular flexibility index (Phi) is 5.17. The van der Waals surface area contributed by atoms with Crippen molar-refractivity contribution in [2.75, 3.05) is 20.4 Å². The van der Waals surface area contributed by atoms with Crippen LogP contribution in [0.5, 0.6) is 0 Å². The van der Waals surface area contributed by atoms with Crippen LogP contribution < -0.4 is 5.32 Å². The van der Waals surface area contributed by atoms with Gasteiger partial charge in [0.15, 0.2) is 0 Å². The SMILES string of the molecule is CSC1CCCC1NCc1ccc(S(=O)(=O)N(C)C)o1. The predicted molar refractivity (Wildman–Crippen MR) is 81.4 cm³/mol. The lowest BCUT2D eigenvalue weighted by molar-refractivity contribution is 0.379. The second kappa shape index (κ2) is 6.51. The van der Waals surface area contributed by atoms with Gasteiger partial charge < -0.3 is 9.73 Å². The lowest BCUT2D eigenvalue weighted by atomic mass is 10.2. The van der Waals surface area contributed by atoms with Crippen LogP contribution in [-0.2, 0) is 16.6 Å². The Balaban J connectivity index is 1.97. The van der Waals surface area contributed by atoms with E-state index in [2.05, 4.69) is 11.6 Å². The van der Waals surface area contributed by atoms with E-state index in [0.29, 0.717) is 23.6 Å². The first kappa shape index (κ1) is 15.9. The van der Waals surface area contributed by atoms with Crippen molar-refractivity contribution in [2.45, 2.75) is 42.2 Å². The Morgan fingerprint density at radius 2 is 2.15 bits per heavy atom. The quantitative estimate of drug-likeness (QED) is 0.868. The minimum absolute atomic E-state index is 0.00661. The van der Waals surface area contributed by atoms with Crippen LogP contribution in [0.25, 0.3) is 0 Å². The summed E-state index contributed by atoms with van der Waals surface area (Å²) < 4.78 is 30.4. The van der Waals surface area contributed by atoms with Gasteiger partial charge in [-0.25, -0.2) is 12.7 Å². The maximum Gasteiger partial charge on any atom is 0.275 e. The molecule has 2 atom stereocenters. The molecule has 0 aliphatic heterocycles. The first-order valence-electron chi connectivity index (χ1n) is 6.72. The Morgan fingerprint density at radius 1 is 1.40 bits per heavy atom. The summed E-state index contributed by atoms with van der Waals surface area (Å²) in [5.74, 6) is 0.664.